The third-order valence-electron chi connectivity index (χ3n) is 6.24. The zero-order chi connectivity index (χ0) is 26.4. The maximum atomic E-state index is 12.1. The molecule has 0 aliphatic rings. The molecule has 38 heavy (non-hydrogen) atoms. The van der Waals surface area contributed by atoms with Gasteiger partial charge >= 0.3 is 0 Å². The zero-order valence-electron chi connectivity index (χ0n) is 18.9. The molecule has 0 spiro atoms. The van der Waals surface area contributed by atoms with Crippen LogP contribution in [-0.2, 0) is 20.2 Å². The van der Waals surface area contributed by atoms with Crippen LogP contribution in [0.1, 0.15) is 0 Å². The van der Waals surface area contributed by atoms with Gasteiger partial charge in [0.15, 0.2) is 44.7 Å². The van der Waals surface area contributed by atoms with Crippen LogP contribution >= 0.6 is 0 Å². The highest BCUT2D eigenvalue weighted by Crippen LogP contribution is 2.36. The number of fused-ring (bicyclic) bond motifs is 6. The highest BCUT2D eigenvalue weighted by molar-refractivity contribution is 7.89. The fourth-order valence-electron chi connectivity index (χ4n) is 4.59. The standard InChI is InChI=1S/C26H14O10S2/c27-37(28,29)25-6-5-15-9-19-20(10-16(15)26(25)38(30,31)32)36-24-12-22-21(11-23(24)35-19)33-17-7-13-3-1-2-4-14(13)8-18(17)34-22/h1-12H,(H,27,28,29)(H,30,31,32). The lowest BCUT2D eigenvalue weighted by Gasteiger charge is -2.10. The molecule has 0 amide bonds. The van der Waals surface area contributed by atoms with Gasteiger partial charge in [-0.05, 0) is 46.5 Å². The molecule has 7 rings (SSSR count). The number of hydrogen-bond donors (Lipinski definition) is 2. The second kappa shape index (κ2) is 7.58. The van der Waals surface area contributed by atoms with E-state index in [1.165, 1.54) is 18.2 Å². The molecule has 10 nitrogen and oxygen atoms in total. The van der Waals surface area contributed by atoms with Crippen LogP contribution in [0, 0.1) is 0 Å². The van der Waals surface area contributed by atoms with Crippen LogP contribution in [0.15, 0.2) is 100 Å². The summed E-state index contributed by atoms with van der Waals surface area (Å²) in [5.74, 6) is 0. The summed E-state index contributed by atoms with van der Waals surface area (Å²) in [4.78, 5) is -1.93. The molecule has 2 aromatic heterocycles. The number of benzene rings is 5. The predicted molar refractivity (Wildman–Crippen MR) is 138 cm³/mol. The Morgan fingerprint density at radius 2 is 0.895 bits per heavy atom. The first kappa shape index (κ1) is 22.8. The minimum atomic E-state index is -5.06. The van der Waals surface area contributed by atoms with Gasteiger partial charge in [0.2, 0.25) is 0 Å². The lowest BCUT2D eigenvalue weighted by molar-refractivity contribution is 0.467. The normalized spacial score (nSPS) is 12.9. The third kappa shape index (κ3) is 3.54. The maximum absolute atomic E-state index is 12.1. The second-order valence-corrected chi connectivity index (χ2v) is 11.4. The van der Waals surface area contributed by atoms with Crippen LogP contribution < -0.4 is 0 Å². The van der Waals surface area contributed by atoms with E-state index >= 15 is 0 Å². The first-order chi connectivity index (χ1) is 18.0. The monoisotopic (exact) mass is 550 g/mol. The van der Waals surface area contributed by atoms with Crippen LogP contribution in [0.4, 0.5) is 0 Å². The van der Waals surface area contributed by atoms with Gasteiger partial charge in [-0.15, -0.1) is 0 Å². The molecule has 0 unspecified atom stereocenters. The van der Waals surface area contributed by atoms with Crippen LogP contribution in [-0.4, -0.2) is 25.9 Å². The van der Waals surface area contributed by atoms with E-state index in [2.05, 4.69) is 0 Å². The molecular formula is C26H14O10S2. The average Bonchev–Trinajstić information content (AvgIpc) is 2.85. The van der Waals surface area contributed by atoms with Gasteiger partial charge in [-0.3, -0.25) is 9.11 Å². The fourth-order valence-corrected chi connectivity index (χ4v) is 6.58. The van der Waals surface area contributed by atoms with E-state index < -0.39 is 30.0 Å². The van der Waals surface area contributed by atoms with Gasteiger partial charge in [-0.25, -0.2) is 0 Å². The van der Waals surface area contributed by atoms with Crippen molar-refractivity contribution >= 4 is 86.4 Å². The van der Waals surface area contributed by atoms with Crippen LogP contribution in [0.5, 0.6) is 0 Å². The molecule has 12 heteroatoms. The van der Waals surface area contributed by atoms with Crippen molar-refractivity contribution < 1.29 is 43.6 Å². The largest absolute Gasteiger partial charge is 0.449 e. The molecular weight excluding hydrogens is 536 g/mol. The fraction of sp³-hybridized carbons (Fsp3) is 0. The molecule has 0 atom stereocenters. The summed E-state index contributed by atoms with van der Waals surface area (Å²) in [5, 5.41) is 1.98. The Labute approximate surface area is 212 Å². The molecule has 5 aromatic carbocycles. The van der Waals surface area contributed by atoms with E-state index in [0.29, 0.717) is 27.9 Å². The van der Waals surface area contributed by atoms with Gasteiger partial charge in [-0.1, -0.05) is 30.3 Å². The van der Waals surface area contributed by atoms with Gasteiger partial charge in [0, 0.05) is 17.5 Å². The Kier molecular flexibility index (Phi) is 4.55. The van der Waals surface area contributed by atoms with E-state index in [1.54, 1.807) is 12.1 Å². The van der Waals surface area contributed by atoms with Crippen LogP contribution in [0.3, 0.4) is 0 Å². The molecule has 0 fully saturated rings. The van der Waals surface area contributed by atoms with E-state index in [-0.39, 0.29) is 27.5 Å². The first-order valence-corrected chi connectivity index (χ1v) is 13.9. The Morgan fingerprint density at radius 1 is 0.474 bits per heavy atom. The summed E-state index contributed by atoms with van der Waals surface area (Å²) >= 11 is 0. The average molecular weight is 551 g/mol. The molecule has 7 aromatic rings. The molecule has 0 aliphatic carbocycles. The summed E-state index contributed by atoms with van der Waals surface area (Å²) in [5.41, 5.74) is 2.56. The van der Waals surface area contributed by atoms with E-state index in [1.807, 2.05) is 36.4 Å². The van der Waals surface area contributed by atoms with Crippen molar-refractivity contribution in [3.8, 4) is 0 Å². The Morgan fingerprint density at radius 3 is 1.34 bits per heavy atom. The molecule has 0 aliphatic heterocycles. The van der Waals surface area contributed by atoms with Gasteiger partial charge < -0.3 is 17.7 Å². The topological polar surface area (TPSA) is 161 Å². The van der Waals surface area contributed by atoms with Crippen LogP contribution in [0.25, 0.3) is 66.2 Å². The van der Waals surface area contributed by atoms with Gasteiger partial charge in [0.25, 0.3) is 20.2 Å². The summed E-state index contributed by atoms with van der Waals surface area (Å²) in [6.45, 7) is 0. The summed E-state index contributed by atoms with van der Waals surface area (Å²) in [6.07, 6.45) is 0. The van der Waals surface area contributed by atoms with Crippen molar-refractivity contribution in [2.24, 2.45) is 0 Å². The summed E-state index contributed by atoms with van der Waals surface area (Å²) in [6, 6.07) is 19.4. The van der Waals surface area contributed by atoms with Gasteiger partial charge in [0.05, 0.1) is 0 Å². The number of rotatable bonds is 2. The highest BCUT2D eigenvalue weighted by atomic mass is 32.2. The lowest BCUT2D eigenvalue weighted by Crippen LogP contribution is -2.09. The smallest absolute Gasteiger partial charge is 0.296 e. The van der Waals surface area contributed by atoms with Crippen molar-refractivity contribution in [3.63, 3.8) is 0 Å². The van der Waals surface area contributed by atoms with Crippen molar-refractivity contribution in [2.75, 3.05) is 0 Å². The van der Waals surface area contributed by atoms with Crippen molar-refractivity contribution in [1.82, 2.24) is 0 Å². The molecule has 0 bridgehead atoms. The van der Waals surface area contributed by atoms with Gasteiger partial charge in [0.1, 0.15) is 9.79 Å². The quantitative estimate of drug-likeness (QED) is 0.177. The van der Waals surface area contributed by atoms with E-state index in [0.717, 1.165) is 16.8 Å². The van der Waals surface area contributed by atoms with E-state index in [4.69, 9.17) is 17.7 Å². The molecule has 190 valence electrons. The van der Waals surface area contributed by atoms with E-state index in [9.17, 15) is 25.9 Å². The van der Waals surface area contributed by atoms with Crippen molar-refractivity contribution in [3.05, 3.63) is 72.8 Å². The minimum Gasteiger partial charge on any atom is -0.449 e. The second-order valence-electron chi connectivity index (χ2n) is 8.66. The Hall–Kier alpha value is -4.36. The summed E-state index contributed by atoms with van der Waals surface area (Å²) in [7, 11) is -10.0. The van der Waals surface area contributed by atoms with Gasteiger partial charge in [-0.2, -0.15) is 16.8 Å². The first-order valence-electron chi connectivity index (χ1n) is 11.0. The Balaban J connectivity index is 1.52. The zero-order valence-corrected chi connectivity index (χ0v) is 20.5. The van der Waals surface area contributed by atoms with Crippen LogP contribution in [0.2, 0.25) is 0 Å². The SMILES string of the molecule is O=S(=O)(O)c1ccc2cc3oc4cc5oc6cc7ccccc7cc6oc5cc4oc3cc2c1S(=O)(=O)O. The Bertz CT molecular complexity index is 2400. The molecule has 0 radical (unpaired) electrons. The molecule has 2 N–H and O–H groups in total. The van der Waals surface area contributed by atoms with Crippen molar-refractivity contribution in [1.29, 1.82) is 0 Å². The summed E-state index contributed by atoms with van der Waals surface area (Å²) < 4.78 is 91.1. The maximum Gasteiger partial charge on any atom is 0.296 e. The predicted octanol–water partition coefficient (Wildman–Crippen LogP) is 6.60. The third-order valence-corrected chi connectivity index (χ3v) is 8.22. The molecule has 0 saturated carbocycles. The van der Waals surface area contributed by atoms with Crippen molar-refractivity contribution in [2.45, 2.75) is 9.79 Å². The number of hydrogen-bond acceptors (Lipinski definition) is 8. The minimum absolute atomic E-state index is 0.0467. The highest BCUT2D eigenvalue weighted by Gasteiger charge is 2.27. The lowest BCUT2D eigenvalue weighted by atomic mass is 10.1. The molecule has 2 heterocycles. The molecule has 0 saturated heterocycles.